The number of allylic oxidation sites excluding steroid dienone is 5. The van der Waals surface area contributed by atoms with Gasteiger partial charge in [-0.2, -0.15) is 8.42 Å². The second-order valence-electron chi connectivity index (χ2n) is 12.1. The Morgan fingerprint density at radius 3 is 1.56 bits per heavy atom. The van der Waals surface area contributed by atoms with E-state index in [1.54, 1.807) is 6.08 Å². The lowest BCUT2D eigenvalue weighted by Gasteiger charge is -2.21. The van der Waals surface area contributed by atoms with E-state index in [2.05, 4.69) is 43.5 Å². The first-order chi connectivity index (χ1) is 20.8. The highest BCUT2D eigenvalue weighted by Gasteiger charge is 2.24. The van der Waals surface area contributed by atoms with Crippen LogP contribution in [0.15, 0.2) is 36.5 Å². The van der Waals surface area contributed by atoms with Crippen LogP contribution < -0.4 is 5.32 Å². The molecule has 43 heavy (non-hydrogen) atoms. The summed E-state index contributed by atoms with van der Waals surface area (Å²) < 4.78 is 32.0. The maximum Gasteiger partial charge on any atom is 0.267 e. The topological polar surface area (TPSA) is 104 Å². The first-order valence-corrected chi connectivity index (χ1v) is 19.3. The molecule has 0 fully saturated rings. The van der Waals surface area contributed by atoms with Gasteiger partial charge in [-0.25, -0.2) is 0 Å². The zero-order valence-corrected chi connectivity index (χ0v) is 28.6. The van der Waals surface area contributed by atoms with Crippen molar-refractivity contribution in [3.05, 3.63) is 36.5 Å². The zero-order valence-electron chi connectivity index (χ0n) is 27.8. The summed E-state index contributed by atoms with van der Waals surface area (Å²) in [5.41, 5.74) is 0. The van der Waals surface area contributed by atoms with Crippen LogP contribution in [0.4, 0.5) is 0 Å². The van der Waals surface area contributed by atoms with Crippen molar-refractivity contribution in [2.45, 2.75) is 180 Å². The maximum atomic E-state index is 12.3. The van der Waals surface area contributed by atoms with E-state index in [0.29, 0.717) is 6.42 Å². The van der Waals surface area contributed by atoms with Crippen molar-refractivity contribution in [3.8, 4) is 0 Å². The van der Waals surface area contributed by atoms with Crippen molar-refractivity contribution in [2.24, 2.45) is 0 Å². The summed E-state index contributed by atoms with van der Waals surface area (Å²) in [6.07, 6.45) is 39.0. The summed E-state index contributed by atoms with van der Waals surface area (Å²) in [6, 6.07) is -1.05. The number of unbranched alkanes of at least 4 members (excludes halogenated alkanes) is 19. The summed E-state index contributed by atoms with van der Waals surface area (Å²) in [5.74, 6) is -0.990. The van der Waals surface area contributed by atoms with Crippen molar-refractivity contribution in [2.75, 3.05) is 5.75 Å². The Labute approximate surface area is 266 Å². The molecule has 0 saturated heterocycles. The lowest BCUT2D eigenvalue weighted by atomic mass is 10.0. The third-order valence-corrected chi connectivity index (χ3v) is 8.59. The fourth-order valence-corrected chi connectivity index (χ4v) is 5.86. The monoisotopic (exact) mass is 625 g/mol. The van der Waals surface area contributed by atoms with Crippen LogP contribution >= 0.6 is 0 Å². The summed E-state index contributed by atoms with van der Waals surface area (Å²) in [6.45, 7) is 4.37. The van der Waals surface area contributed by atoms with Crippen LogP contribution in [0.2, 0.25) is 0 Å². The molecule has 0 bridgehead atoms. The van der Waals surface area contributed by atoms with E-state index >= 15 is 0 Å². The SMILES string of the molecule is CCCCC/C=C/C(O)C(CS(=O)(=O)O)NC(=O)CCCCCCCCCCCCC/C=C\C/C=C\CCCCCCC. The smallest absolute Gasteiger partial charge is 0.267 e. The molecule has 0 aromatic rings. The summed E-state index contributed by atoms with van der Waals surface area (Å²) >= 11 is 0. The minimum atomic E-state index is -4.32. The van der Waals surface area contributed by atoms with Crippen LogP contribution in [0.5, 0.6) is 0 Å². The summed E-state index contributed by atoms with van der Waals surface area (Å²) in [7, 11) is -4.32. The highest BCUT2D eigenvalue weighted by molar-refractivity contribution is 7.85. The Balaban J connectivity index is 3.73. The van der Waals surface area contributed by atoms with Crippen LogP contribution in [0.1, 0.15) is 168 Å². The predicted molar refractivity (Wildman–Crippen MR) is 184 cm³/mol. The molecule has 0 aliphatic carbocycles. The molecule has 2 atom stereocenters. The van der Waals surface area contributed by atoms with Crippen molar-refractivity contribution in [1.82, 2.24) is 5.32 Å². The Hall–Kier alpha value is -1.44. The second-order valence-corrected chi connectivity index (χ2v) is 13.6. The van der Waals surface area contributed by atoms with Gasteiger partial charge in [0.25, 0.3) is 10.1 Å². The normalized spacial score (nSPS) is 13.9. The van der Waals surface area contributed by atoms with Crippen molar-refractivity contribution < 1.29 is 22.9 Å². The molecule has 6 nitrogen and oxygen atoms in total. The van der Waals surface area contributed by atoms with Gasteiger partial charge in [0.2, 0.25) is 5.91 Å². The standard InChI is InChI=1S/C36H67NO5S/c1-3-5-7-9-10-11-12-13-14-15-16-17-18-19-20-21-22-23-24-25-26-28-30-32-36(39)37-34(33-43(40,41)42)35(38)31-29-27-8-6-4-2/h12-13,15-16,29,31,34-35,38H,3-11,14,17-28,30,32-33H2,1-2H3,(H,37,39)(H,40,41,42)/b13-12-,16-15-,31-29+. The number of carbonyl (C=O) groups excluding carboxylic acids is 1. The number of hydrogen-bond acceptors (Lipinski definition) is 4. The van der Waals surface area contributed by atoms with E-state index in [4.69, 9.17) is 0 Å². The summed E-state index contributed by atoms with van der Waals surface area (Å²) in [4.78, 5) is 12.3. The third kappa shape index (κ3) is 31.8. The van der Waals surface area contributed by atoms with E-state index in [0.717, 1.165) is 51.4 Å². The molecule has 1 amide bonds. The Morgan fingerprint density at radius 2 is 1.05 bits per heavy atom. The molecule has 2 unspecified atom stereocenters. The molecule has 252 valence electrons. The lowest BCUT2D eigenvalue weighted by molar-refractivity contribution is -0.122. The van der Waals surface area contributed by atoms with E-state index < -0.39 is 28.0 Å². The molecular formula is C36H67NO5S. The Morgan fingerprint density at radius 1 is 0.628 bits per heavy atom. The number of rotatable bonds is 31. The van der Waals surface area contributed by atoms with Crippen molar-refractivity contribution in [3.63, 3.8) is 0 Å². The quantitative estimate of drug-likeness (QED) is 0.0404. The molecule has 0 saturated carbocycles. The molecular weight excluding hydrogens is 558 g/mol. The molecule has 0 aromatic heterocycles. The van der Waals surface area contributed by atoms with E-state index in [9.17, 15) is 22.9 Å². The van der Waals surface area contributed by atoms with Gasteiger partial charge in [0.05, 0.1) is 17.9 Å². The minimum Gasteiger partial charge on any atom is -0.387 e. The number of aliphatic hydroxyl groups excluding tert-OH is 1. The number of aliphatic hydroxyl groups is 1. The number of nitrogens with one attached hydrogen (secondary N) is 1. The molecule has 0 aromatic carbocycles. The van der Waals surface area contributed by atoms with Crippen LogP contribution in [-0.4, -0.2) is 41.9 Å². The lowest BCUT2D eigenvalue weighted by Crippen LogP contribution is -2.46. The van der Waals surface area contributed by atoms with Crippen LogP contribution in [0, 0.1) is 0 Å². The van der Waals surface area contributed by atoms with E-state index in [1.807, 2.05) is 0 Å². The molecule has 0 rings (SSSR count). The number of hydrogen-bond donors (Lipinski definition) is 3. The Bertz CT molecular complexity index is 821. The van der Waals surface area contributed by atoms with Gasteiger partial charge in [-0.05, 0) is 51.4 Å². The van der Waals surface area contributed by atoms with Gasteiger partial charge in [0, 0.05) is 6.42 Å². The second kappa shape index (κ2) is 30.6. The van der Waals surface area contributed by atoms with Gasteiger partial charge in [0.15, 0.2) is 0 Å². The van der Waals surface area contributed by atoms with Gasteiger partial charge >= 0.3 is 0 Å². The highest BCUT2D eigenvalue weighted by Crippen LogP contribution is 2.13. The first kappa shape index (κ1) is 41.6. The predicted octanol–water partition coefficient (Wildman–Crippen LogP) is 9.79. The molecule has 7 heteroatoms. The fourth-order valence-electron chi connectivity index (χ4n) is 5.12. The van der Waals surface area contributed by atoms with Crippen molar-refractivity contribution >= 4 is 16.0 Å². The average molecular weight is 626 g/mol. The minimum absolute atomic E-state index is 0.289. The van der Waals surface area contributed by atoms with Gasteiger partial charge < -0.3 is 10.4 Å². The fraction of sp³-hybridized carbons (Fsp3) is 0.806. The maximum absolute atomic E-state index is 12.3. The Kier molecular flexibility index (Phi) is 29.6. The summed E-state index contributed by atoms with van der Waals surface area (Å²) in [5, 5.41) is 13.0. The third-order valence-electron chi connectivity index (χ3n) is 7.81. The molecule has 0 heterocycles. The largest absolute Gasteiger partial charge is 0.387 e. The highest BCUT2D eigenvalue weighted by atomic mass is 32.2. The van der Waals surface area contributed by atoms with Crippen LogP contribution in [0.25, 0.3) is 0 Å². The molecule has 0 aliphatic heterocycles. The van der Waals surface area contributed by atoms with Crippen LogP contribution in [-0.2, 0) is 14.9 Å². The number of amides is 1. The molecule has 0 spiro atoms. The average Bonchev–Trinajstić information content (AvgIpc) is 2.96. The van der Waals surface area contributed by atoms with E-state index in [-0.39, 0.29) is 5.91 Å². The molecule has 3 N–H and O–H groups in total. The first-order valence-electron chi connectivity index (χ1n) is 17.7. The molecule has 0 radical (unpaired) electrons. The van der Waals surface area contributed by atoms with E-state index in [1.165, 1.54) is 102 Å². The van der Waals surface area contributed by atoms with Gasteiger partial charge in [-0.3, -0.25) is 9.35 Å². The van der Waals surface area contributed by atoms with Gasteiger partial charge in [-0.15, -0.1) is 0 Å². The number of carbonyl (C=O) groups is 1. The van der Waals surface area contributed by atoms with Gasteiger partial charge in [-0.1, -0.05) is 147 Å². The van der Waals surface area contributed by atoms with Crippen molar-refractivity contribution in [1.29, 1.82) is 0 Å². The zero-order chi connectivity index (χ0) is 31.9. The molecule has 0 aliphatic rings. The van der Waals surface area contributed by atoms with Crippen LogP contribution in [0.3, 0.4) is 0 Å². The van der Waals surface area contributed by atoms with Gasteiger partial charge in [0.1, 0.15) is 0 Å².